The molecular formula is C42H36N4O4S2. The van der Waals surface area contributed by atoms with Crippen molar-refractivity contribution in [3.8, 4) is 17.0 Å². The molecule has 1 aromatic heterocycles. The fourth-order valence-electron chi connectivity index (χ4n) is 5.27. The summed E-state index contributed by atoms with van der Waals surface area (Å²) in [5.41, 5.74) is 5.31. The normalized spacial score (nSPS) is 11.7. The number of aryl methyl sites for hydroxylation is 1. The van der Waals surface area contributed by atoms with E-state index in [9.17, 15) is 14.4 Å². The number of thioether (sulfide) groups is 1. The van der Waals surface area contributed by atoms with E-state index in [2.05, 4.69) is 20.9 Å². The molecule has 0 saturated carbocycles. The quantitative estimate of drug-likeness (QED) is 0.0809. The number of anilines is 2. The number of carbonyl (C=O) groups is 3. The second-order valence-electron chi connectivity index (χ2n) is 11.7. The van der Waals surface area contributed by atoms with Gasteiger partial charge in [-0.25, -0.2) is 4.98 Å². The van der Waals surface area contributed by atoms with Crippen LogP contribution in [0.3, 0.4) is 0 Å². The van der Waals surface area contributed by atoms with Gasteiger partial charge < -0.3 is 20.7 Å². The molecule has 6 aromatic rings. The van der Waals surface area contributed by atoms with Crippen molar-refractivity contribution >= 4 is 57.7 Å². The molecule has 260 valence electrons. The van der Waals surface area contributed by atoms with Crippen LogP contribution in [0.1, 0.15) is 39.2 Å². The van der Waals surface area contributed by atoms with Crippen molar-refractivity contribution < 1.29 is 19.1 Å². The van der Waals surface area contributed by atoms with E-state index in [1.54, 1.807) is 36.4 Å². The highest BCUT2D eigenvalue weighted by Gasteiger charge is 2.24. The van der Waals surface area contributed by atoms with Crippen LogP contribution in [-0.4, -0.2) is 29.3 Å². The summed E-state index contributed by atoms with van der Waals surface area (Å²) >= 11 is 2.71. The van der Waals surface area contributed by atoms with Gasteiger partial charge in [-0.1, -0.05) is 84.4 Å². The van der Waals surface area contributed by atoms with Gasteiger partial charge in [0.15, 0.2) is 5.13 Å². The van der Waals surface area contributed by atoms with E-state index in [-0.39, 0.29) is 11.6 Å². The third-order valence-electron chi connectivity index (χ3n) is 7.76. The number of nitrogens with zero attached hydrogens (tertiary/aromatic N) is 1. The summed E-state index contributed by atoms with van der Waals surface area (Å²) < 4.78 is 5.55. The SMILES string of the molecule is CCOc1ccc(-c2csc(NC(=O)C(Sc3cccc(NC(=O)/C(=C\c4cccc(C)c4)NC(=O)c4ccccc4)c3)c3ccccc3)n2)cc1. The van der Waals surface area contributed by atoms with Crippen molar-refractivity contribution in [2.75, 3.05) is 17.2 Å². The molecule has 0 aliphatic rings. The van der Waals surface area contributed by atoms with E-state index >= 15 is 0 Å². The number of ether oxygens (including phenoxy) is 1. The van der Waals surface area contributed by atoms with Crippen LogP contribution in [0.5, 0.6) is 5.75 Å². The number of hydrogen-bond donors (Lipinski definition) is 3. The Morgan fingerprint density at radius 1 is 0.827 bits per heavy atom. The van der Waals surface area contributed by atoms with Gasteiger partial charge in [0.1, 0.15) is 16.7 Å². The van der Waals surface area contributed by atoms with Gasteiger partial charge in [0.25, 0.3) is 11.8 Å². The average molecular weight is 725 g/mol. The Labute approximate surface area is 311 Å². The summed E-state index contributed by atoms with van der Waals surface area (Å²) in [6.45, 7) is 4.49. The lowest BCUT2D eigenvalue weighted by atomic mass is 10.1. The molecule has 8 nitrogen and oxygen atoms in total. The van der Waals surface area contributed by atoms with Crippen molar-refractivity contribution in [2.24, 2.45) is 0 Å². The van der Waals surface area contributed by atoms with Crippen LogP contribution in [0.4, 0.5) is 10.8 Å². The Morgan fingerprint density at radius 2 is 1.56 bits per heavy atom. The smallest absolute Gasteiger partial charge is 0.272 e. The van der Waals surface area contributed by atoms with E-state index in [4.69, 9.17) is 4.74 Å². The van der Waals surface area contributed by atoms with Crippen LogP contribution < -0.4 is 20.7 Å². The first-order chi connectivity index (χ1) is 25.3. The van der Waals surface area contributed by atoms with Crippen molar-refractivity contribution in [3.63, 3.8) is 0 Å². The van der Waals surface area contributed by atoms with E-state index < -0.39 is 17.1 Å². The first-order valence-electron chi connectivity index (χ1n) is 16.6. The molecule has 0 spiro atoms. The van der Waals surface area contributed by atoms with Crippen molar-refractivity contribution in [3.05, 3.63) is 167 Å². The minimum atomic E-state index is -0.619. The van der Waals surface area contributed by atoms with Gasteiger partial charge in [-0.15, -0.1) is 23.1 Å². The Balaban J connectivity index is 1.19. The van der Waals surface area contributed by atoms with Crippen LogP contribution in [0.2, 0.25) is 0 Å². The van der Waals surface area contributed by atoms with E-state index in [0.717, 1.165) is 38.6 Å². The van der Waals surface area contributed by atoms with Crippen LogP contribution in [0, 0.1) is 6.92 Å². The van der Waals surface area contributed by atoms with Crippen molar-refractivity contribution in [2.45, 2.75) is 24.0 Å². The Hall–Kier alpha value is -5.97. The van der Waals surface area contributed by atoms with Gasteiger partial charge >= 0.3 is 0 Å². The predicted octanol–water partition coefficient (Wildman–Crippen LogP) is 9.40. The summed E-state index contributed by atoms with van der Waals surface area (Å²) in [5.74, 6) is -0.333. The Morgan fingerprint density at radius 3 is 2.29 bits per heavy atom. The zero-order valence-corrected chi connectivity index (χ0v) is 30.2. The number of benzene rings is 5. The first-order valence-corrected chi connectivity index (χ1v) is 18.4. The van der Waals surface area contributed by atoms with Gasteiger partial charge in [-0.2, -0.15) is 0 Å². The fourth-order valence-corrected chi connectivity index (χ4v) is 7.08. The monoisotopic (exact) mass is 724 g/mol. The molecule has 0 aliphatic carbocycles. The molecule has 1 heterocycles. The highest BCUT2D eigenvalue weighted by atomic mass is 32.2. The van der Waals surface area contributed by atoms with Crippen LogP contribution in [0.15, 0.2) is 149 Å². The average Bonchev–Trinajstić information content (AvgIpc) is 3.63. The third-order valence-corrected chi connectivity index (χ3v) is 9.77. The number of rotatable bonds is 13. The lowest BCUT2D eigenvalue weighted by Crippen LogP contribution is -2.30. The topological polar surface area (TPSA) is 109 Å². The molecule has 0 radical (unpaired) electrons. The van der Waals surface area contributed by atoms with Gasteiger partial charge in [0.05, 0.1) is 12.3 Å². The number of amides is 3. The summed E-state index contributed by atoms with van der Waals surface area (Å²) in [5, 5.41) is 10.5. The second-order valence-corrected chi connectivity index (χ2v) is 13.7. The predicted molar refractivity (Wildman–Crippen MR) is 211 cm³/mol. The highest BCUT2D eigenvalue weighted by Crippen LogP contribution is 2.38. The zero-order valence-electron chi connectivity index (χ0n) is 28.5. The molecule has 0 saturated heterocycles. The Kier molecular flexibility index (Phi) is 11.9. The van der Waals surface area contributed by atoms with E-state index in [0.29, 0.717) is 23.0 Å². The lowest BCUT2D eigenvalue weighted by Gasteiger charge is -2.17. The second kappa shape index (κ2) is 17.3. The molecule has 0 aliphatic heterocycles. The third kappa shape index (κ3) is 9.63. The molecule has 10 heteroatoms. The van der Waals surface area contributed by atoms with Crippen LogP contribution >= 0.6 is 23.1 Å². The molecule has 6 rings (SSSR count). The molecule has 3 amide bonds. The maximum Gasteiger partial charge on any atom is 0.272 e. The van der Waals surface area contributed by atoms with Gasteiger partial charge in [-0.3, -0.25) is 14.4 Å². The zero-order chi connectivity index (χ0) is 36.3. The van der Waals surface area contributed by atoms with Crippen LogP contribution in [0.25, 0.3) is 17.3 Å². The van der Waals surface area contributed by atoms with Gasteiger partial charge in [0, 0.05) is 27.1 Å². The molecule has 5 aromatic carbocycles. The van der Waals surface area contributed by atoms with Crippen molar-refractivity contribution in [1.29, 1.82) is 0 Å². The summed E-state index contributed by atoms with van der Waals surface area (Å²) in [6, 6.07) is 40.9. The molecule has 0 bridgehead atoms. The van der Waals surface area contributed by atoms with E-state index in [1.807, 2.05) is 122 Å². The molecule has 1 atom stereocenters. The number of hydrogen-bond acceptors (Lipinski definition) is 7. The number of thiazole rings is 1. The van der Waals surface area contributed by atoms with Gasteiger partial charge in [-0.05, 0) is 85.6 Å². The number of nitrogens with one attached hydrogen (secondary N) is 3. The van der Waals surface area contributed by atoms with Gasteiger partial charge in [0.2, 0.25) is 5.91 Å². The minimum Gasteiger partial charge on any atom is -0.494 e. The Bertz CT molecular complexity index is 2190. The molecule has 0 fully saturated rings. The number of carbonyl (C=O) groups excluding carboxylic acids is 3. The largest absolute Gasteiger partial charge is 0.494 e. The fraction of sp³-hybridized carbons (Fsp3) is 0.0952. The highest BCUT2D eigenvalue weighted by molar-refractivity contribution is 8.00. The summed E-state index contributed by atoms with van der Waals surface area (Å²) in [4.78, 5) is 46.1. The van der Waals surface area contributed by atoms with Crippen molar-refractivity contribution in [1.82, 2.24) is 10.3 Å². The summed E-state index contributed by atoms with van der Waals surface area (Å²) in [7, 11) is 0. The summed E-state index contributed by atoms with van der Waals surface area (Å²) in [6.07, 6.45) is 1.65. The molecule has 1 unspecified atom stereocenters. The molecule has 52 heavy (non-hydrogen) atoms. The molecular weight excluding hydrogens is 689 g/mol. The standard InChI is InChI=1S/C42H36N4O4S2/c1-3-50-34-22-20-30(21-23-34)37-27-51-42(45-37)46-41(49)38(31-14-6-4-7-15-31)52-35-19-11-18-33(26-35)43-40(48)36(25-29-13-10-12-28(2)24-29)44-39(47)32-16-8-5-9-17-32/h4-27,38H,3H2,1-2H3,(H,43,48)(H,44,47)(H,45,46,49)/b36-25+. The number of aromatic nitrogens is 1. The minimum absolute atomic E-state index is 0.0899. The first kappa shape index (κ1) is 35.8. The lowest BCUT2D eigenvalue weighted by molar-refractivity contribution is -0.116. The maximum absolute atomic E-state index is 13.8. The van der Waals surface area contributed by atoms with Crippen LogP contribution in [-0.2, 0) is 9.59 Å². The maximum atomic E-state index is 13.8. The van der Waals surface area contributed by atoms with E-state index in [1.165, 1.54) is 23.1 Å². The molecule has 3 N–H and O–H groups in total.